The number of sulfonamides is 1. The molecule has 180 valence electrons. The Morgan fingerprint density at radius 3 is 2.50 bits per heavy atom. The molecule has 0 spiro atoms. The molecular formula is C22H18ClF3N2O3S3. The van der Waals surface area contributed by atoms with Crippen molar-refractivity contribution in [3.63, 3.8) is 0 Å². The largest absolute Gasteiger partial charge is 0.416 e. The Labute approximate surface area is 207 Å². The van der Waals surface area contributed by atoms with Crippen molar-refractivity contribution >= 4 is 50.1 Å². The topological polar surface area (TPSA) is 67.3 Å². The maximum atomic E-state index is 12.9. The molecule has 0 unspecified atom stereocenters. The molecule has 2 aromatic heterocycles. The van der Waals surface area contributed by atoms with Crippen LogP contribution in [-0.4, -0.2) is 36.1 Å². The monoisotopic (exact) mass is 546 g/mol. The van der Waals surface area contributed by atoms with Gasteiger partial charge in [-0.25, -0.2) is 13.4 Å². The number of alkyl halides is 3. The molecule has 1 aliphatic heterocycles. The summed E-state index contributed by atoms with van der Waals surface area (Å²) in [5, 5.41) is 0.655. The number of halogens is 4. The molecule has 5 nitrogen and oxygen atoms in total. The van der Waals surface area contributed by atoms with E-state index in [9.17, 15) is 26.4 Å². The molecule has 0 fully saturated rings. The number of carbonyl (C=O) groups is 1. The van der Waals surface area contributed by atoms with Crippen LogP contribution in [0.25, 0.3) is 11.3 Å². The fraction of sp³-hybridized carbons (Fsp3) is 0.273. The molecule has 1 atom stereocenters. The predicted molar refractivity (Wildman–Crippen MR) is 127 cm³/mol. The van der Waals surface area contributed by atoms with Gasteiger partial charge in [-0.2, -0.15) is 17.5 Å². The van der Waals surface area contributed by atoms with E-state index >= 15 is 0 Å². The molecule has 1 aromatic carbocycles. The lowest BCUT2D eigenvalue weighted by molar-refractivity contribution is -0.137. The minimum absolute atomic E-state index is 0.0750. The molecule has 3 aromatic rings. The fourth-order valence-corrected chi connectivity index (χ4v) is 7.68. The average molecular weight is 547 g/mol. The van der Waals surface area contributed by atoms with Crippen molar-refractivity contribution in [2.24, 2.45) is 0 Å². The SMILES string of the molecule is Cc1sc(CCC(=O)[C@@H]2C=CCN2S(=O)(=O)c2ccc(Cl)s2)nc1-c1ccc(C(F)(F)F)cc1. The van der Waals surface area contributed by atoms with E-state index in [1.54, 1.807) is 12.2 Å². The molecule has 0 saturated heterocycles. The Morgan fingerprint density at radius 2 is 1.88 bits per heavy atom. The van der Waals surface area contributed by atoms with Gasteiger partial charge in [0.05, 0.1) is 20.6 Å². The second kappa shape index (κ2) is 9.54. The molecule has 0 radical (unpaired) electrons. The van der Waals surface area contributed by atoms with Crippen molar-refractivity contribution in [3.8, 4) is 11.3 Å². The van der Waals surface area contributed by atoms with Gasteiger partial charge in [0.25, 0.3) is 10.0 Å². The molecule has 0 saturated carbocycles. The Kier molecular flexibility index (Phi) is 7.03. The van der Waals surface area contributed by atoms with Gasteiger partial charge in [0, 0.05) is 29.8 Å². The Balaban J connectivity index is 1.45. The van der Waals surface area contributed by atoms with Gasteiger partial charge < -0.3 is 0 Å². The third-order valence-electron chi connectivity index (χ3n) is 5.27. The zero-order chi connectivity index (χ0) is 24.7. The standard InChI is InChI=1S/C22H18ClF3N2O3S3/c1-13-21(14-4-6-15(7-5-14)22(24,25)26)27-19(32-13)10-8-17(29)16-3-2-12-28(16)34(30,31)20-11-9-18(23)33-20/h2-7,9,11,16H,8,10,12H2,1H3/t16-/m0/s1. The first-order valence-corrected chi connectivity index (χ1v) is 13.5. The molecule has 0 aliphatic carbocycles. The van der Waals surface area contributed by atoms with Gasteiger partial charge in [-0.05, 0) is 31.2 Å². The number of hydrogen-bond acceptors (Lipinski definition) is 6. The maximum absolute atomic E-state index is 12.9. The maximum Gasteiger partial charge on any atom is 0.416 e. The van der Waals surface area contributed by atoms with E-state index < -0.39 is 27.8 Å². The van der Waals surface area contributed by atoms with Crippen LogP contribution in [0, 0.1) is 6.92 Å². The van der Waals surface area contributed by atoms with Gasteiger partial charge >= 0.3 is 6.18 Å². The highest BCUT2D eigenvalue weighted by atomic mass is 35.5. The Hall–Kier alpha value is -2.05. The van der Waals surface area contributed by atoms with Crippen LogP contribution < -0.4 is 0 Å². The third-order valence-corrected chi connectivity index (χ3v) is 9.84. The van der Waals surface area contributed by atoms with E-state index in [-0.39, 0.29) is 23.0 Å². The first-order valence-electron chi connectivity index (χ1n) is 10.1. The van der Waals surface area contributed by atoms with Crippen LogP contribution in [0.2, 0.25) is 4.34 Å². The lowest BCUT2D eigenvalue weighted by Gasteiger charge is -2.22. The Morgan fingerprint density at radius 1 is 1.18 bits per heavy atom. The third kappa shape index (κ3) is 5.13. The second-order valence-corrected chi connectivity index (χ2v) is 12.7. The zero-order valence-electron chi connectivity index (χ0n) is 17.7. The lowest BCUT2D eigenvalue weighted by Crippen LogP contribution is -2.40. The summed E-state index contributed by atoms with van der Waals surface area (Å²) >= 11 is 8.17. The van der Waals surface area contributed by atoms with Crippen molar-refractivity contribution in [2.75, 3.05) is 6.54 Å². The summed E-state index contributed by atoms with van der Waals surface area (Å²) in [5.74, 6) is -0.260. The molecule has 3 heterocycles. The zero-order valence-corrected chi connectivity index (χ0v) is 20.9. The highest BCUT2D eigenvalue weighted by Gasteiger charge is 2.37. The van der Waals surface area contributed by atoms with E-state index in [4.69, 9.17) is 11.6 Å². The molecule has 0 N–H and O–H groups in total. The number of benzene rings is 1. The molecule has 34 heavy (non-hydrogen) atoms. The van der Waals surface area contributed by atoms with Gasteiger partial charge in [0.1, 0.15) is 10.3 Å². The summed E-state index contributed by atoms with van der Waals surface area (Å²) in [6.45, 7) is 1.92. The number of hydrogen-bond donors (Lipinski definition) is 0. The summed E-state index contributed by atoms with van der Waals surface area (Å²) < 4.78 is 65.9. The highest BCUT2D eigenvalue weighted by molar-refractivity contribution is 7.91. The number of aryl methyl sites for hydroxylation is 2. The molecule has 1 aliphatic rings. The van der Waals surface area contributed by atoms with Gasteiger partial charge in [0.2, 0.25) is 0 Å². The summed E-state index contributed by atoms with van der Waals surface area (Å²) in [6.07, 6.45) is -0.811. The van der Waals surface area contributed by atoms with Crippen LogP contribution in [0.1, 0.15) is 21.9 Å². The minimum atomic E-state index is -4.41. The van der Waals surface area contributed by atoms with E-state index in [2.05, 4.69) is 4.98 Å². The highest BCUT2D eigenvalue weighted by Crippen LogP contribution is 2.34. The first kappa shape index (κ1) is 25.1. The van der Waals surface area contributed by atoms with Crippen molar-refractivity contribution in [2.45, 2.75) is 36.2 Å². The second-order valence-electron chi connectivity index (χ2n) is 7.56. The number of thiophene rings is 1. The van der Waals surface area contributed by atoms with Gasteiger partial charge in [-0.3, -0.25) is 4.79 Å². The van der Waals surface area contributed by atoms with E-state index in [0.29, 0.717) is 27.0 Å². The molecule has 12 heteroatoms. The number of thiazole rings is 1. The number of carbonyl (C=O) groups excluding carboxylic acids is 1. The van der Waals surface area contributed by atoms with E-state index in [1.807, 2.05) is 6.92 Å². The van der Waals surface area contributed by atoms with Crippen molar-refractivity contribution in [3.05, 3.63) is 68.3 Å². The lowest BCUT2D eigenvalue weighted by atomic mass is 10.1. The normalized spacial score (nSPS) is 16.9. The molecular weight excluding hydrogens is 529 g/mol. The smallest absolute Gasteiger partial charge is 0.298 e. The summed E-state index contributed by atoms with van der Waals surface area (Å²) in [4.78, 5) is 18.2. The number of ketones is 1. The Bertz CT molecular complexity index is 1350. The van der Waals surface area contributed by atoms with E-state index in [0.717, 1.165) is 32.7 Å². The summed E-state index contributed by atoms with van der Waals surface area (Å²) in [6, 6.07) is 6.80. The molecule has 0 amide bonds. The number of aromatic nitrogens is 1. The van der Waals surface area contributed by atoms with Crippen molar-refractivity contribution in [1.82, 2.24) is 9.29 Å². The molecule has 4 rings (SSSR count). The quantitative estimate of drug-likeness (QED) is 0.342. The fourth-order valence-electron chi connectivity index (χ4n) is 3.59. The first-order chi connectivity index (χ1) is 16.0. The van der Waals surface area contributed by atoms with Gasteiger partial charge in [-0.15, -0.1) is 22.7 Å². The number of nitrogens with zero attached hydrogens (tertiary/aromatic N) is 2. The number of rotatable bonds is 7. The van der Waals surface area contributed by atoms with Crippen LogP contribution in [0.4, 0.5) is 13.2 Å². The number of Topliss-reactive ketones (excluding diaryl/α,β-unsaturated/α-hetero) is 1. The van der Waals surface area contributed by atoms with Crippen LogP contribution in [0.3, 0.4) is 0 Å². The van der Waals surface area contributed by atoms with Crippen LogP contribution in [0.15, 0.2) is 52.8 Å². The summed E-state index contributed by atoms with van der Waals surface area (Å²) in [7, 11) is -3.86. The summed E-state index contributed by atoms with van der Waals surface area (Å²) in [5.41, 5.74) is 0.398. The van der Waals surface area contributed by atoms with Crippen LogP contribution >= 0.6 is 34.3 Å². The molecule has 0 bridgehead atoms. The van der Waals surface area contributed by atoms with E-state index in [1.165, 1.54) is 35.6 Å². The van der Waals surface area contributed by atoms with Crippen molar-refractivity contribution in [1.29, 1.82) is 0 Å². The minimum Gasteiger partial charge on any atom is -0.298 e. The van der Waals surface area contributed by atoms with Crippen molar-refractivity contribution < 1.29 is 26.4 Å². The average Bonchev–Trinajstić information content (AvgIpc) is 3.51. The van der Waals surface area contributed by atoms with Crippen LogP contribution in [-0.2, 0) is 27.4 Å². The van der Waals surface area contributed by atoms with Crippen LogP contribution in [0.5, 0.6) is 0 Å². The van der Waals surface area contributed by atoms with Gasteiger partial charge in [0.15, 0.2) is 5.78 Å². The predicted octanol–water partition coefficient (Wildman–Crippen LogP) is 5.98. The van der Waals surface area contributed by atoms with Gasteiger partial charge in [-0.1, -0.05) is 35.9 Å².